The molecule has 0 saturated heterocycles. The van der Waals surface area contributed by atoms with Gasteiger partial charge in [0.1, 0.15) is 6.61 Å². The fraction of sp³-hybridized carbons (Fsp3) is 0.400. The van der Waals surface area contributed by atoms with Crippen molar-refractivity contribution in [2.45, 2.75) is 56.5 Å². The van der Waals surface area contributed by atoms with Crippen molar-refractivity contribution >= 4 is 18.0 Å². The van der Waals surface area contributed by atoms with Crippen molar-refractivity contribution in [2.24, 2.45) is 0 Å². The number of carbonyl (C=O) groups is 3. The summed E-state index contributed by atoms with van der Waals surface area (Å²) in [4.78, 5) is 35.9. The lowest BCUT2D eigenvalue weighted by Crippen LogP contribution is -2.49. The van der Waals surface area contributed by atoms with Gasteiger partial charge in [-0.1, -0.05) is 48.5 Å². The van der Waals surface area contributed by atoms with Crippen LogP contribution >= 0.6 is 0 Å². The average Bonchev–Trinajstić information content (AvgIpc) is 3.37. The van der Waals surface area contributed by atoms with Crippen molar-refractivity contribution < 1.29 is 24.2 Å². The maximum atomic E-state index is 12.5. The number of hydrogen-bond donors (Lipinski definition) is 3. The molecular formula is C25H28N2O5. The van der Waals surface area contributed by atoms with E-state index in [0.717, 1.165) is 22.3 Å². The lowest BCUT2D eigenvalue weighted by molar-refractivity contribution is -0.138. The van der Waals surface area contributed by atoms with Crippen LogP contribution in [0.15, 0.2) is 48.5 Å². The topological polar surface area (TPSA) is 105 Å². The van der Waals surface area contributed by atoms with E-state index < -0.39 is 23.1 Å². The Morgan fingerprint density at radius 2 is 1.59 bits per heavy atom. The summed E-state index contributed by atoms with van der Waals surface area (Å²) in [5.41, 5.74) is 3.10. The maximum Gasteiger partial charge on any atom is 0.407 e. The number of carbonyl (C=O) groups excluding carboxylic acids is 2. The molecule has 0 radical (unpaired) electrons. The summed E-state index contributed by atoms with van der Waals surface area (Å²) in [5.74, 6) is -1.25. The van der Waals surface area contributed by atoms with Crippen molar-refractivity contribution in [1.82, 2.24) is 10.6 Å². The van der Waals surface area contributed by atoms with Gasteiger partial charge in [-0.05, 0) is 48.9 Å². The van der Waals surface area contributed by atoms with Gasteiger partial charge in [0, 0.05) is 17.9 Å². The molecule has 7 heteroatoms. The highest BCUT2D eigenvalue weighted by Crippen LogP contribution is 2.44. The highest BCUT2D eigenvalue weighted by Gasteiger charge is 2.46. The molecule has 0 spiro atoms. The summed E-state index contributed by atoms with van der Waals surface area (Å²) in [5, 5.41) is 14.6. The van der Waals surface area contributed by atoms with Gasteiger partial charge in [0.25, 0.3) is 0 Å². The number of alkyl carbamates (subject to hydrolysis) is 1. The van der Waals surface area contributed by atoms with E-state index >= 15 is 0 Å². The van der Waals surface area contributed by atoms with Crippen LogP contribution in [0.25, 0.3) is 11.1 Å². The number of aliphatic carboxylic acids is 1. The number of carboxylic acids is 1. The molecule has 2 amide bonds. The van der Waals surface area contributed by atoms with Crippen molar-refractivity contribution in [2.75, 3.05) is 6.61 Å². The number of ether oxygens (including phenoxy) is 1. The summed E-state index contributed by atoms with van der Waals surface area (Å²) >= 11 is 0. The van der Waals surface area contributed by atoms with Gasteiger partial charge in [-0.25, -0.2) is 4.79 Å². The molecule has 1 saturated carbocycles. The normalized spacial score (nSPS) is 15.9. The van der Waals surface area contributed by atoms with Gasteiger partial charge in [0.05, 0.1) is 12.0 Å². The second kappa shape index (κ2) is 8.30. The quantitative estimate of drug-likeness (QED) is 0.584. The minimum absolute atomic E-state index is 0.0264. The summed E-state index contributed by atoms with van der Waals surface area (Å²) in [6.45, 7) is 3.68. The molecule has 1 fully saturated rings. The maximum absolute atomic E-state index is 12.5. The number of amides is 2. The highest BCUT2D eigenvalue weighted by atomic mass is 16.5. The van der Waals surface area contributed by atoms with E-state index in [1.165, 1.54) is 0 Å². The lowest BCUT2D eigenvalue weighted by Gasteiger charge is -2.27. The predicted octanol–water partition coefficient (Wildman–Crippen LogP) is 3.82. The van der Waals surface area contributed by atoms with E-state index in [1.54, 1.807) is 13.8 Å². The van der Waals surface area contributed by atoms with Crippen LogP contribution in [0, 0.1) is 0 Å². The molecule has 0 aliphatic heterocycles. The largest absolute Gasteiger partial charge is 0.481 e. The molecule has 0 heterocycles. The summed E-state index contributed by atoms with van der Waals surface area (Å²) in [7, 11) is 0. The van der Waals surface area contributed by atoms with Crippen LogP contribution in [-0.4, -0.2) is 40.8 Å². The first-order valence-electron chi connectivity index (χ1n) is 10.8. The van der Waals surface area contributed by atoms with Crippen LogP contribution in [0.5, 0.6) is 0 Å². The van der Waals surface area contributed by atoms with Crippen molar-refractivity contribution in [3.63, 3.8) is 0 Å². The molecule has 168 valence electrons. The molecule has 2 aliphatic carbocycles. The number of nitrogens with one attached hydrogen (secondary N) is 2. The zero-order chi connectivity index (χ0) is 22.9. The van der Waals surface area contributed by atoms with Gasteiger partial charge in [-0.3, -0.25) is 9.59 Å². The van der Waals surface area contributed by atoms with Crippen LogP contribution in [0.1, 0.15) is 56.6 Å². The molecule has 32 heavy (non-hydrogen) atoms. The van der Waals surface area contributed by atoms with Crippen molar-refractivity contribution in [1.29, 1.82) is 0 Å². The average molecular weight is 437 g/mol. The van der Waals surface area contributed by atoms with E-state index in [2.05, 4.69) is 34.9 Å². The SMILES string of the molecule is CC(C)(CC(=O)NC1(CC(=O)O)CC1)NC(=O)OCC1c2ccccc2-c2ccccc21. The van der Waals surface area contributed by atoms with Gasteiger partial charge in [-0.15, -0.1) is 0 Å². The second-order valence-electron chi connectivity index (χ2n) is 9.41. The van der Waals surface area contributed by atoms with Crippen molar-refractivity contribution in [3.8, 4) is 11.1 Å². The van der Waals surface area contributed by atoms with Crippen LogP contribution in [0.4, 0.5) is 4.79 Å². The van der Waals surface area contributed by atoms with Crippen LogP contribution in [0.2, 0.25) is 0 Å². The third-order valence-electron chi connectivity index (χ3n) is 6.13. The fourth-order valence-electron chi connectivity index (χ4n) is 4.48. The zero-order valence-electron chi connectivity index (χ0n) is 18.3. The number of fused-ring (bicyclic) bond motifs is 3. The van der Waals surface area contributed by atoms with E-state index in [9.17, 15) is 14.4 Å². The molecule has 3 N–H and O–H groups in total. The third-order valence-corrected chi connectivity index (χ3v) is 6.13. The Bertz CT molecular complexity index is 1010. The first-order valence-corrected chi connectivity index (χ1v) is 10.8. The van der Waals surface area contributed by atoms with E-state index in [4.69, 9.17) is 9.84 Å². The molecule has 2 aromatic rings. The Labute approximate surface area is 187 Å². The summed E-state index contributed by atoms with van der Waals surface area (Å²) in [6.07, 6.45) is 0.671. The summed E-state index contributed by atoms with van der Waals surface area (Å²) < 4.78 is 5.56. The lowest BCUT2D eigenvalue weighted by atomic mass is 9.98. The number of carboxylic acid groups (broad SMARTS) is 1. The zero-order valence-corrected chi connectivity index (χ0v) is 18.3. The molecule has 4 rings (SSSR count). The molecule has 0 bridgehead atoms. The third kappa shape index (κ3) is 4.77. The highest BCUT2D eigenvalue weighted by molar-refractivity contribution is 5.81. The predicted molar refractivity (Wildman–Crippen MR) is 119 cm³/mol. The van der Waals surface area contributed by atoms with Gasteiger partial charge in [0.15, 0.2) is 0 Å². The molecule has 7 nitrogen and oxygen atoms in total. The first kappa shape index (κ1) is 21.9. The van der Waals surface area contributed by atoms with Crippen molar-refractivity contribution in [3.05, 3.63) is 59.7 Å². The van der Waals surface area contributed by atoms with Gasteiger partial charge in [-0.2, -0.15) is 0 Å². The molecule has 0 unspecified atom stereocenters. The summed E-state index contributed by atoms with van der Waals surface area (Å²) in [6, 6.07) is 16.2. The smallest absolute Gasteiger partial charge is 0.407 e. The van der Waals surface area contributed by atoms with E-state index in [0.29, 0.717) is 12.8 Å². The Balaban J connectivity index is 1.33. The minimum Gasteiger partial charge on any atom is -0.481 e. The Morgan fingerprint density at radius 3 is 2.12 bits per heavy atom. The molecule has 2 aliphatic rings. The fourth-order valence-corrected chi connectivity index (χ4v) is 4.48. The Hall–Kier alpha value is -3.35. The Morgan fingerprint density at radius 1 is 1.03 bits per heavy atom. The molecule has 0 aromatic heterocycles. The Kier molecular flexibility index (Phi) is 5.67. The van der Waals surface area contributed by atoms with E-state index in [1.807, 2.05) is 24.3 Å². The molecular weight excluding hydrogens is 408 g/mol. The standard InChI is InChI=1S/C25H28N2O5/c1-24(2,13-21(28)26-25(11-12-25)14-22(29)30)27-23(31)32-15-20-18-9-5-3-7-16(18)17-8-4-6-10-19(17)20/h3-10,20H,11-15H2,1-2H3,(H,26,28)(H,27,31)(H,29,30). The number of benzene rings is 2. The van der Waals surface area contributed by atoms with Crippen LogP contribution < -0.4 is 10.6 Å². The molecule has 0 atom stereocenters. The number of rotatable bonds is 8. The second-order valence-corrected chi connectivity index (χ2v) is 9.41. The number of hydrogen-bond acceptors (Lipinski definition) is 4. The van der Waals surface area contributed by atoms with Gasteiger partial charge < -0.3 is 20.5 Å². The van der Waals surface area contributed by atoms with Crippen LogP contribution in [-0.2, 0) is 14.3 Å². The first-order chi connectivity index (χ1) is 15.2. The molecule has 2 aromatic carbocycles. The monoisotopic (exact) mass is 436 g/mol. The minimum atomic E-state index is -0.932. The van der Waals surface area contributed by atoms with E-state index in [-0.39, 0.29) is 31.3 Å². The van der Waals surface area contributed by atoms with Crippen LogP contribution in [0.3, 0.4) is 0 Å². The van der Waals surface area contributed by atoms with Gasteiger partial charge in [0.2, 0.25) is 5.91 Å². The van der Waals surface area contributed by atoms with Gasteiger partial charge >= 0.3 is 12.1 Å².